The lowest BCUT2D eigenvalue weighted by Crippen LogP contribution is -2.45. The molecule has 1 aromatic carbocycles. The fourth-order valence-corrected chi connectivity index (χ4v) is 4.65. The van der Waals surface area contributed by atoms with Crippen molar-refractivity contribution in [1.82, 2.24) is 14.9 Å². The first-order valence-electron chi connectivity index (χ1n) is 7.61. The number of nitrogens with one attached hydrogen (secondary N) is 1. The number of hydrogen-bond acceptors (Lipinski definition) is 6. The predicted molar refractivity (Wildman–Crippen MR) is 86.9 cm³/mol. The quantitative estimate of drug-likeness (QED) is 0.755. The molecule has 1 amide bonds. The van der Waals surface area contributed by atoms with E-state index in [2.05, 4.69) is 9.97 Å². The molecule has 2 atom stereocenters. The first kappa shape index (κ1) is 17.8. The second kappa shape index (κ2) is 6.70. The number of likely N-dealkylation sites (N-methyl/N-ethyl adjacent to an activating group) is 1. The number of sulfone groups is 1. The summed E-state index contributed by atoms with van der Waals surface area (Å²) in [6.07, 6.45) is -1.09. The maximum atomic E-state index is 13.1. The molecule has 1 aromatic heterocycles. The number of halogens is 1. The van der Waals surface area contributed by atoms with E-state index in [1.807, 2.05) is 0 Å². The number of ether oxygens (including phenoxy) is 1. The number of aromatic nitrogens is 2. The van der Waals surface area contributed by atoms with Crippen LogP contribution in [0.5, 0.6) is 0 Å². The van der Waals surface area contributed by atoms with Crippen molar-refractivity contribution in [2.45, 2.75) is 18.8 Å². The molecule has 0 unspecified atom stereocenters. The van der Waals surface area contributed by atoms with Crippen molar-refractivity contribution < 1.29 is 27.4 Å². The van der Waals surface area contributed by atoms with E-state index in [9.17, 15) is 22.7 Å². The Morgan fingerprint density at radius 3 is 2.92 bits per heavy atom. The minimum absolute atomic E-state index is 0.0153. The SMILES string of the molecule is CN(C(=O)COCc1nc2ccc(F)cc2[nH]1)[C@@H]1CS(=O)(=O)C[C@H]1O. The summed E-state index contributed by atoms with van der Waals surface area (Å²) in [6, 6.07) is 3.38. The summed E-state index contributed by atoms with van der Waals surface area (Å²) in [7, 11) is -1.90. The highest BCUT2D eigenvalue weighted by atomic mass is 32.2. The largest absolute Gasteiger partial charge is 0.390 e. The van der Waals surface area contributed by atoms with E-state index in [4.69, 9.17) is 4.74 Å². The van der Waals surface area contributed by atoms with Gasteiger partial charge >= 0.3 is 0 Å². The molecular weight excluding hydrogens is 353 g/mol. The third-order valence-electron chi connectivity index (χ3n) is 4.14. The van der Waals surface area contributed by atoms with Crippen LogP contribution in [0.15, 0.2) is 18.2 Å². The van der Waals surface area contributed by atoms with Gasteiger partial charge in [0.1, 0.15) is 24.9 Å². The zero-order valence-corrected chi connectivity index (χ0v) is 14.3. The average Bonchev–Trinajstić information content (AvgIpc) is 3.05. The number of amides is 1. The number of H-pyrrole nitrogens is 1. The molecule has 2 heterocycles. The molecule has 1 saturated heterocycles. The van der Waals surface area contributed by atoms with Crippen molar-refractivity contribution in [3.05, 3.63) is 29.8 Å². The van der Waals surface area contributed by atoms with Crippen molar-refractivity contribution in [1.29, 1.82) is 0 Å². The monoisotopic (exact) mass is 371 g/mol. The zero-order valence-electron chi connectivity index (χ0n) is 13.5. The molecule has 1 aliphatic heterocycles. The van der Waals surface area contributed by atoms with Gasteiger partial charge in [0.25, 0.3) is 0 Å². The first-order chi connectivity index (χ1) is 11.7. The maximum Gasteiger partial charge on any atom is 0.248 e. The number of fused-ring (bicyclic) bond motifs is 1. The van der Waals surface area contributed by atoms with Crippen molar-refractivity contribution in [2.75, 3.05) is 25.2 Å². The van der Waals surface area contributed by atoms with Crippen molar-refractivity contribution in [3.63, 3.8) is 0 Å². The molecule has 10 heteroatoms. The van der Waals surface area contributed by atoms with E-state index in [0.29, 0.717) is 16.9 Å². The maximum absolute atomic E-state index is 13.1. The number of aliphatic hydroxyl groups is 1. The van der Waals surface area contributed by atoms with E-state index in [0.717, 1.165) is 0 Å². The number of benzene rings is 1. The van der Waals surface area contributed by atoms with Crippen LogP contribution in [0.25, 0.3) is 11.0 Å². The predicted octanol–water partition coefficient (Wildman–Crippen LogP) is -0.165. The summed E-state index contributed by atoms with van der Waals surface area (Å²) >= 11 is 0. The Balaban J connectivity index is 1.55. The Labute approximate surface area is 143 Å². The van der Waals surface area contributed by atoms with Gasteiger partial charge in [-0.2, -0.15) is 0 Å². The molecule has 8 nitrogen and oxygen atoms in total. The number of aromatic amines is 1. The molecule has 0 saturated carbocycles. The van der Waals surface area contributed by atoms with Crippen LogP contribution in [0.1, 0.15) is 5.82 Å². The molecule has 1 fully saturated rings. The normalized spacial score (nSPS) is 22.4. The molecule has 0 radical (unpaired) electrons. The van der Waals surface area contributed by atoms with Gasteiger partial charge in [-0.1, -0.05) is 0 Å². The molecule has 136 valence electrons. The van der Waals surface area contributed by atoms with Gasteiger partial charge in [-0.3, -0.25) is 4.79 Å². The van der Waals surface area contributed by atoms with Crippen LogP contribution in [0.3, 0.4) is 0 Å². The topological polar surface area (TPSA) is 113 Å². The lowest BCUT2D eigenvalue weighted by molar-refractivity contribution is -0.138. The minimum Gasteiger partial charge on any atom is -0.390 e. The van der Waals surface area contributed by atoms with Gasteiger partial charge in [-0.15, -0.1) is 0 Å². The van der Waals surface area contributed by atoms with Gasteiger partial charge in [0, 0.05) is 7.05 Å². The highest BCUT2D eigenvalue weighted by Gasteiger charge is 2.40. The van der Waals surface area contributed by atoms with Crippen LogP contribution in [0.2, 0.25) is 0 Å². The summed E-state index contributed by atoms with van der Waals surface area (Å²) in [5.41, 5.74) is 1.11. The minimum atomic E-state index is -3.34. The Hall–Kier alpha value is -2.04. The van der Waals surface area contributed by atoms with Crippen molar-refractivity contribution >= 4 is 26.8 Å². The molecule has 2 aromatic rings. The summed E-state index contributed by atoms with van der Waals surface area (Å²) in [6.45, 7) is -0.271. The standard InChI is InChI=1S/C15H18FN3O5S/c1-19(12-7-25(22,23)8-13(12)20)15(21)6-24-5-14-17-10-3-2-9(16)4-11(10)18-14/h2-4,12-13,20H,5-8H2,1H3,(H,17,18)/t12-,13-/m1/s1. The molecule has 1 aliphatic rings. The lowest BCUT2D eigenvalue weighted by Gasteiger charge is -2.25. The van der Waals surface area contributed by atoms with Gasteiger partial charge in [-0.05, 0) is 18.2 Å². The van der Waals surface area contributed by atoms with Gasteiger partial charge in [0.15, 0.2) is 9.84 Å². The molecule has 0 spiro atoms. The Bertz CT molecular complexity index is 898. The summed E-state index contributed by atoms with van der Waals surface area (Å²) < 4.78 is 41.5. The highest BCUT2D eigenvalue weighted by molar-refractivity contribution is 7.91. The summed E-state index contributed by atoms with van der Waals surface area (Å²) in [5, 5.41) is 9.79. The van der Waals surface area contributed by atoms with Crippen LogP contribution in [-0.2, 0) is 26.0 Å². The van der Waals surface area contributed by atoms with E-state index < -0.39 is 27.9 Å². The van der Waals surface area contributed by atoms with Gasteiger partial charge in [-0.25, -0.2) is 17.8 Å². The van der Waals surface area contributed by atoms with Crippen molar-refractivity contribution in [2.24, 2.45) is 0 Å². The Kier molecular flexibility index (Phi) is 4.76. The van der Waals surface area contributed by atoms with Gasteiger partial charge in [0.2, 0.25) is 5.91 Å². The van der Waals surface area contributed by atoms with Crippen molar-refractivity contribution in [3.8, 4) is 0 Å². The molecular formula is C15H18FN3O5S. The third kappa shape index (κ3) is 3.97. The molecule has 0 aliphatic carbocycles. The highest BCUT2D eigenvalue weighted by Crippen LogP contribution is 2.18. The van der Waals surface area contributed by atoms with Crippen LogP contribution in [0, 0.1) is 5.82 Å². The van der Waals surface area contributed by atoms with Crippen LogP contribution >= 0.6 is 0 Å². The molecule has 25 heavy (non-hydrogen) atoms. The number of aliphatic hydroxyl groups excluding tert-OH is 1. The lowest BCUT2D eigenvalue weighted by atomic mass is 10.2. The number of carbonyl (C=O) groups excluding carboxylic acids is 1. The summed E-state index contributed by atoms with van der Waals surface area (Å²) in [5.74, 6) is -0.981. The average molecular weight is 371 g/mol. The fraction of sp³-hybridized carbons (Fsp3) is 0.467. The molecule has 2 N–H and O–H groups in total. The number of carbonyl (C=O) groups is 1. The summed E-state index contributed by atoms with van der Waals surface area (Å²) in [4.78, 5) is 20.4. The third-order valence-corrected chi connectivity index (χ3v) is 5.84. The second-order valence-corrected chi connectivity index (χ2v) is 8.21. The van der Waals surface area contributed by atoms with Crippen LogP contribution in [0.4, 0.5) is 4.39 Å². The molecule has 3 rings (SSSR count). The van der Waals surface area contributed by atoms with Gasteiger partial charge in [0.05, 0.1) is 34.7 Å². The molecule has 0 bridgehead atoms. The number of imidazole rings is 1. The second-order valence-electron chi connectivity index (χ2n) is 6.05. The van der Waals surface area contributed by atoms with Crippen LogP contribution in [-0.4, -0.2) is 71.6 Å². The fourth-order valence-electron chi connectivity index (χ4n) is 2.81. The Morgan fingerprint density at radius 2 is 2.24 bits per heavy atom. The Morgan fingerprint density at radius 1 is 1.48 bits per heavy atom. The zero-order chi connectivity index (χ0) is 18.2. The van der Waals surface area contributed by atoms with E-state index in [1.165, 1.54) is 30.1 Å². The number of rotatable bonds is 5. The number of hydrogen-bond donors (Lipinski definition) is 2. The van der Waals surface area contributed by atoms with E-state index >= 15 is 0 Å². The van der Waals surface area contributed by atoms with Crippen LogP contribution < -0.4 is 0 Å². The first-order valence-corrected chi connectivity index (χ1v) is 9.43. The van der Waals surface area contributed by atoms with Gasteiger partial charge < -0.3 is 19.7 Å². The van der Waals surface area contributed by atoms with E-state index in [-0.39, 0.29) is 30.5 Å². The smallest absolute Gasteiger partial charge is 0.248 e. The number of nitrogens with zero attached hydrogens (tertiary/aromatic N) is 2. The van der Waals surface area contributed by atoms with E-state index in [1.54, 1.807) is 0 Å².